The number of piperidine rings is 1. The monoisotopic (exact) mass is 340 g/mol. The van der Waals surface area contributed by atoms with E-state index in [4.69, 9.17) is 4.74 Å². The van der Waals surface area contributed by atoms with E-state index in [-0.39, 0.29) is 5.92 Å². The second-order valence-corrected chi connectivity index (χ2v) is 7.02. The zero-order valence-corrected chi connectivity index (χ0v) is 14.8. The van der Waals surface area contributed by atoms with Crippen LogP contribution in [0.1, 0.15) is 12.2 Å². The van der Waals surface area contributed by atoms with Crippen molar-refractivity contribution in [1.29, 1.82) is 0 Å². The van der Waals surface area contributed by atoms with E-state index in [2.05, 4.69) is 14.5 Å². The van der Waals surface area contributed by atoms with Crippen LogP contribution >= 0.6 is 0 Å². The molecule has 1 amide bonds. The highest BCUT2D eigenvalue weighted by atomic mass is 16.5. The van der Waals surface area contributed by atoms with Crippen LogP contribution in [0.15, 0.2) is 36.7 Å². The SMILES string of the molecule is COc1ccc(-n2ccnc2CN2C[C@H]3CCN(C)C(=O)[C@H]3C2)cc1. The summed E-state index contributed by atoms with van der Waals surface area (Å²) in [4.78, 5) is 21.2. The van der Waals surface area contributed by atoms with Crippen molar-refractivity contribution in [2.75, 3.05) is 33.8 Å². The molecule has 0 bridgehead atoms. The minimum atomic E-state index is 0.156. The van der Waals surface area contributed by atoms with E-state index in [9.17, 15) is 4.79 Å². The molecule has 0 aliphatic carbocycles. The van der Waals surface area contributed by atoms with Crippen molar-refractivity contribution >= 4 is 5.91 Å². The van der Waals surface area contributed by atoms with Crippen molar-refractivity contribution in [3.05, 3.63) is 42.5 Å². The van der Waals surface area contributed by atoms with Gasteiger partial charge in [-0.15, -0.1) is 0 Å². The number of carbonyl (C=O) groups is 1. The molecular weight excluding hydrogens is 316 g/mol. The van der Waals surface area contributed by atoms with Crippen molar-refractivity contribution in [2.45, 2.75) is 13.0 Å². The van der Waals surface area contributed by atoms with Crippen LogP contribution < -0.4 is 4.74 Å². The van der Waals surface area contributed by atoms with Gasteiger partial charge in [0.05, 0.1) is 19.6 Å². The number of hydrogen-bond donors (Lipinski definition) is 0. The number of amides is 1. The third-order valence-corrected chi connectivity index (χ3v) is 5.48. The summed E-state index contributed by atoms with van der Waals surface area (Å²) in [6.45, 7) is 3.47. The number of hydrogen-bond acceptors (Lipinski definition) is 4. The normalized spacial score (nSPS) is 23.8. The molecule has 1 aromatic carbocycles. The van der Waals surface area contributed by atoms with Gasteiger partial charge < -0.3 is 14.2 Å². The second kappa shape index (κ2) is 6.52. The van der Waals surface area contributed by atoms with Gasteiger partial charge in [-0.05, 0) is 36.6 Å². The van der Waals surface area contributed by atoms with Gasteiger partial charge in [0.25, 0.3) is 0 Å². The Kier molecular flexibility index (Phi) is 4.21. The van der Waals surface area contributed by atoms with Crippen LogP contribution in [-0.2, 0) is 11.3 Å². The van der Waals surface area contributed by atoms with Crippen LogP contribution in [0.3, 0.4) is 0 Å². The average Bonchev–Trinajstić information content (AvgIpc) is 3.26. The number of nitrogens with zero attached hydrogens (tertiary/aromatic N) is 4. The van der Waals surface area contributed by atoms with Crippen LogP contribution in [0.5, 0.6) is 5.75 Å². The first-order chi connectivity index (χ1) is 12.2. The molecule has 0 spiro atoms. The number of imidazole rings is 1. The molecule has 0 radical (unpaired) electrons. The second-order valence-electron chi connectivity index (χ2n) is 7.02. The number of aromatic nitrogens is 2. The Bertz CT molecular complexity index is 755. The largest absolute Gasteiger partial charge is 0.497 e. The number of rotatable bonds is 4. The molecular formula is C19H24N4O2. The van der Waals surface area contributed by atoms with E-state index in [0.29, 0.717) is 11.8 Å². The molecule has 0 N–H and O–H groups in total. The fourth-order valence-electron chi connectivity index (χ4n) is 4.04. The van der Waals surface area contributed by atoms with E-state index >= 15 is 0 Å². The third kappa shape index (κ3) is 3.02. The molecule has 3 heterocycles. The van der Waals surface area contributed by atoms with Crippen LogP contribution in [0.25, 0.3) is 5.69 Å². The third-order valence-electron chi connectivity index (χ3n) is 5.48. The summed E-state index contributed by atoms with van der Waals surface area (Å²) in [6, 6.07) is 7.98. The van der Waals surface area contributed by atoms with Gasteiger partial charge in [-0.3, -0.25) is 9.69 Å². The molecule has 25 heavy (non-hydrogen) atoms. The molecule has 132 valence electrons. The Morgan fingerprint density at radius 1 is 1.24 bits per heavy atom. The standard InChI is InChI=1S/C19H24N4O2/c1-21-9-7-14-11-22(12-17(14)19(21)24)13-18-20-8-10-23(18)15-3-5-16(25-2)6-4-15/h3-6,8,10,14,17H,7,9,11-13H2,1-2H3/t14-,17+/m1/s1. The predicted octanol–water partition coefficient (Wildman–Crippen LogP) is 1.79. The van der Waals surface area contributed by atoms with Crippen LogP contribution in [0.4, 0.5) is 0 Å². The molecule has 0 unspecified atom stereocenters. The van der Waals surface area contributed by atoms with Crippen LogP contribution in [0.2, 0.25) is 0 Å². The van der Waals surface area contributed by atoms with Crippen molar-refractivity contribution < 1.29 is 9.53 Å². The zero-order valence-electron chi connectivity index (χ0n) is 14.8. The van der Waals surface area contributed by atoms with Crippen molar-refractivity contribution in [1.82, 2.24) is 19.4 Å². The van der Waals surface area contributed by atoms with Gasteiger partial charge in [-0.2, -0.15) is 0 Å². The lowest BCUT2D eigenvalue weighted by Gasteiger charge is -2.30. The lowest BCUT2D eigenvalue weighted by atomic mass is 9.88. The number of carbonyl (C=O) groups excluding carboxylic acids is 1. The maximum absolute atomic E-state index is 12.4. The maximum atomic E-state index is 12.4. The summed E-state index contributed by atoms with van der Waals surface area (Å²) < 4.78 is 7.33. The van der Waals surface area contributed by atoms with Crippen molar-refractivity contribution in [2.24, 2.45) is 11.8 Å². The summed E-state index contributed by atoms with van der Waals surface area (Å²) in [5.41, 5.74) is 1.07. The smallest absolute Gasteiger partial charge is 0.227 e. The van der Waals surface area contributed by atoms with Gasteiger partial charge in [0.2, 0.25) is 5.91 Å². The average molecular weight is 340 g/mol. The summed E-state index contributed by atoms with van der Waals surface area (Å²) in [6.07, 6.45) is 4.93. The highest BCUT2D eigenvalue weighted by Crippen LogP contribution is 2.32. The van der Waals surface area contributed by atoms with E-state index in [1.165, 1.54) is 0 Å². The van der Waals surface area contributed by atoms with E-state index in [1.54, 1.807) is 7.11 Å². The molecule has 1 aromatic heterocycles. The Labute approximate surface area is 148 Å². The first kappa shape index (κ1) is 16.1. The first-order valence-electron chi connectivity index (χ1n) is 8.79. The number of methoxy groups -OCH3 is 1. The Hall–Kier alpha value is -2.34. The van der Waals surface area contributed by atoms with Crippen molar-refractivity contribution in [3.63, 3.8) is 0 Å². The minimum Gasteiger partial charge on any atom is -0.497 e. The fourth-order valence-corrected chi connectivity index (χ4v) is 4.04. The van der Waals surface area contributed by atoms with Gasteiger partial charge in [-0.1, -0.05) is 0 Å². The molecule has 2 atom stereocenters. The summed E-state index contributed by atoms with van der Waals surface area (Å²) in [5, 5.41) is 0. The number of benzene rings is 1. The highest BCUT2D eigenvalue weighted by molar-refractivity contribution is 5.80. The van der Waals surface area contributed by atoms with Crippen LogP contribution in [-0.4, -0.2) is 59.0 Å². The number of fused-ring (bicyclic) bond motifs is 1. The van der Waals surface area contributed by atoms with Gasteiger partial charge in [0.1, 0.15) is 11.6 Å². The summed E-state index contributed by atoms with van der Waals surface area (Å²) in [5.74, 6) is 2.80. The topological polar surface area (TPSA) is 50.6 Å². The fraction of sp³-hybridized carbons (Fsp3) is 0.474. The molecule has 2 aliphatic rings. The summed E-state index contributed by atoms with van der Waals surface area (Å²) >= 11 is 0. The Balaban J connectivity index is 1.49. The quantitative estimate of drug-likeness (QED) is 0.851. The lowest BCUT2D eigenvalue weighted by Crippen LogP contribution is -2.42. The molecule has 6 nitrogen and oxygen atoms in total. The van der Waals surface area contributed by atoms with E-state index in [1.807, 2.05) is 48.6 Å². The molecule has 2 aliphatic heterocycles. The van der Waals surface area contributed by atoms with E-state index < -0.39 is 0 Å². The van der Waals surface area contributed by atoms with Gasteiger partial charge in [0.15, 0.2) is 0 Å². The molecule has 4 rings (SSSR count). The molecule has 2 saturated heterocycles. The van der Waals surface area contributed by atoms with Gasteiger partial charge >= 0.3 is 0 Å². The maximum Gasteiger partial charge on any atom is 0.227 e. The van der Waals surface area contributed by atoms with Crippen molar-refractivity contribution in [3.8, 4) is 11.4 Å². The number of ether oxygens (including phenoxy) is 1. The van der Waals surface area contributed by atoms with Gasteiger partial charge in [-0.25, -0.2) is 4.98 Å². The molecule has 2 fully saturated rings. The predicted molar refractivity (Wildman–Crippen MR) is 94.6 cm³/mol. The first-order valence-corrected chi connectivity index (χ1v) is 8.79. The van der Waals surface area contributed by atoms with Crippen LogP contribution in [0, 0.1) is 11.8 Å². The number of likely N-dealkylation sites (tertiary alicyclic amines) is 2. The minimum absolute atomic E-state index is 0.156. The highest BCUT2D eigenvalue weighted by Gasteiger charge is 2.41. The van der Waals surface area contributed by atoms with E-state index in [0.717, 1.165) is 49.9 Å². The lowest BCUT2D eigenvalue weighted by molar-refractivity contribution is -0.137. The molecule has 6 heteroatoms. The summed E-state index contributed by atoms with van der Waals surface area (Å²) in [7, 11) is 3.58. The zero-order chi connectivity index (χ0) is 17.4. The molecule has 2 aromatic rings. The molecule has 0 saturated carbocycles. The Morgan fingerprint density at radius 2 is 2.04 bits per heavy atom. The Morgan fingerprint density at radius 3 is 2.80 bits per heavy atom. The van der Waals surface area contributed by atoms with Gasteiger partial charge in [0, 0.05) is 44.8 Å².